The lowest BCUT2D eigenvalue weighted by molar-refractivity contribution is -0.124. The second kappa shape index (κ2) is 9.87. The van der Waals surface area contributed by atoms with Gasteiger partial charge in [0.05, 0.1) is 11.1 Å². The number of carbonyl (C=O) groups is 3. The number of benzene rings is 1. The number of nitrogens with zero attached hydrogens (tertiary/aromatic N) is 3. The van der Waals surface area contributed by atoms with Crippen LogP contribution < -0.4 is 0 Å². The van der Waals surface area contributed by atoms with Crippen LogP contribution in [-0.4, -0.2) is 76.5 Å². The standard InChI is InChI=1S/C25H33FN4O3/c1-7-20-22(21(17(4)27-20)23(31)25(33)28(5)6)24(32)30-13-15(2)29(12-16(30)3)14-18-8-10-19(26)11-9-18/h8-11,15-16,27H,7,12-14H2,1-6H3/t15-,16?/m0/s1. The van der Waals surface area contributed by atoms with Gasteiger partial charge in [-0.2, -0.15) is 0 Å². The number of aromatic nitrogens is 1. The molecule has 2 atom stereocenters. The van der Waals surface area contributed by atoms with Crippen LogP contribution >= 0.6 is 0 Å². The van der Waals surface area contributed by atoms with Gasteiger partial charge in [-0.05, 0) is 44.9 Å². The summed E-state index contributed by atoms with van der Waals surface area (Å²) in [6.45, 7) is 9.48. The highest BCUT2D eigenvalue weighted by molar-refractivity contribution is 6.44. The second-order valence-electron chi connectivity index (χ2n) is 9.07. The Balaban J connectivity index is 1.86. The van der Waals surface area contributed by atoms with Crippen LogP contribution in [0.25, 0.3) is 0 Å². The van der Waals surface area contributed by atoms with E-state index in [0.717, 1.165) is 5.56 Å². The zero-order valence-electron chi connectivity index (χ0n) is 20.2. The molecule has 0 spiro atoms. The predicted octanol–water partition coefficient (Wildman–Crippen LogP) is 3.03. The quantitative estimate of drug-likeness (QED) is 0.536. The normalized spacial score (nSPS) is 18.9. The van der Waals surface area contributed by atoms with Crippen molar-refractivity contribution in [3.8, 4) is 0 Å². The first-order chi connectivity index (χ1) is 15.5. The lowest BCUT2D eigenvalue weighted by atomic mass is 9.99. The fraction of sp³-hybridized carbons (Fsp3) is 0.480. The molecule has 1 aliphatic heterocycles. The zero-order chi connectivity index (χ0) is 24.4. The molecular weight excluding hydrogens is 423 g/mol. The van der Waals surface area contributed by atoms with Gasteiger partial charge in [0, 0.05) is 57.2 Å². The van der Waals surface area contributed by atoms with Crippen molar-refractivity contribution in [1.82, 2.24) is 19.7 Å². The molecule has 33 heavy (non-hydrogen) atoms. The third-order valence-corrected chi connectivity index (χ3v) is 6.33. The number of halogens is 1. The molecule has 2 heterocycles. The fourth-order valence-corrected chi connectivity index (χ4v) is 4.45. The van der Waals surface area contributed by atoms with Crippen molar-refractivity contribution in [2.24, 2.45) is 0 Å². The number of H-pyrrole nitrogens is 1. The van der Waals surface area contributed by atoms with Crippen molar-refractivity contribution in [1.29, 1.82) is 0 Å². The number of amides is 2. The van der Waals surface area contributed by atoms with Gasteiger partial charge in [0.1, 0.15) is 5.82 Å². The molecule has 1 aromatic carbocycles. The zero-order valence-corrected chi connectivity index (χ0v) is 20.2. The lowest BCUT2D eigenvalue weighted by Gasteiger charge is -2.44. The maximum absolute atomic E-state index is 13.7. The van der Waals surface area contributed by atoms with Crippen LogP contribution in [0, 0.1) is 12.7 Å². The summed E-state index contributed by atoms with van der Waals surface area (Å²) in [4.78, 5) is 47.5. The van der Waals surface area contributed by atoms with E-state index in [2.05, 4.69) is 16.8 Å². The minimum atomic E-state index is -0.674. The molecule has 1 N–H and O–H groups in total. The number of Topliss-reactive ketones (excluding diaryl/α,β-unsaturated/α-hetero) is 1. The van der Waals surface area contributed by atoms with Gasteiger partial charge in [-0.25, -0.2) is 4.39 Å². The van der Waals surface area contributed by atoms with Crippen LogP contribution in [0.2, 0.25) is 0 Å². The second-order valence-corrected chi connectivity index (χ2v) is 9.07. The number of rotatable bonds is 6. The topological polar surface area (TPSA) is 76.7 Å². The van der Waals surface area contributed by atoms with E-state index in [1.807, 2.05) is 13.8 Å². The highest BCUT2D eigenvalue weighted by Gasteiger charge is 2.37. The number of nitrogens with one attached hydrogen (secondary N) is 1. The van der Waals surface area contributed by atoms with E-state index in [1.165, 1.54) is 31.1 Å². The summed E-state index contributed by atoms with van der Waals surface area (Å²) < 4.78 is 13.2. The molecule has 7 nitrogen and oxygen atoms in total. The summed E-state index contributed by atoms with van der Waals surface area (Å²) in [5, 5.41) is 0. The first-order valence-corrected chi connectivity index (χ1v) is 11.3. The smallest absolute Gasteiger partial charge is 0.294 e. The van der Waals surface area contributed by atoms with Crippen LogP contribution in [0.3, 0.4) is 0 Å². The molecule has 1 fully saturated rings. The van der Waals surface area contributed by atoms with Crippen LogP contribution in [-0.2, 0) is 17.8 Å². The highest BCUT2D eigenvalue weighted by Crippen LogP contribution is 2.26. The number of piperazine rings is 1. The average Bonchev–Trinajstić information content (AvgIpc) is 3.12. The molecule has 1 aromatic heterocycles. The molecule has 178 valence electrons. The van der Waals surface area contributed by atoms with Gasteiger partial charge >= 0.3 is 0 Å². The van der Waals surface area contributed by atoms with Crippen molar-refractivity contribution in [3.63, 3.8) is 0 Å². The largest absolute Gasteiger partial charge is 0.361 e. The highest BCUT2D eigenvalue weighted by atomic mass is 19.1. The number of carbonyl (C=O) groups excluding carboxylic acids is 3. The summed E-state index contributed by atoms with van der Waals surface area (Å²) in [6.07, 6.45) is 0.541. The number of aromatic amines is 1. The van der Waals surface area contributed by atoms with Gasteiger partial charge in [-0.15, -0.1) is 0 Å². The maximum Gasteiger partial charge on any atom is 0.294 e. The lowest BCUT2D eigenvalue weighted by Crippen LogP contribution is -2.57. The summed E-state index contributed by atoms with van der Waals surface area (Å²) in [7, 11) is 3.04. The Labute approximate surface area is 194 Å². The molecule has 0 saturated carbocycles. The van der Waals surface area contributed by atoms with E-state index in [9.17, 15) is 18.8 Å². The summed E-state index contributed by atoms with van der Waals surface area (Å²) >= 11 is 0. The average molecular weight is 457 g/mol. The molecule has 8 heteroatoms. The molecule has 3 rings (SSSR count). The Bertz CT molecular complexity index is 1040. The Kier molecular flexibility index (Phi) is 7.37. The first-order valence-electron chi connectivity index (χ1n) is 11.3. The number of hydrogen-bond donors (Lipinski definition) is 1. The molecule has 1 saturated heterocycles. The van der Waals surface area contributed by atoms with E-state index in [4.69, 9.17) is 0 Å². The van der Waals surface area contributed by atoms with Crippen molar-refractivity contribution in [2.45, 2.75) is 52.7 Å². The summed E-state index contributed by atoms with van der Waals surface area (Å²) in [6, 6.07) is 6.44. The number of likely N-dealkylation sites (N-methyl/N-ethyl adjacent to an activating group) is 1. The molecular formula is C25H33FN4O3. The van der Waals surface area contributed by atoms with Crippen LogP contribution in [0.1, 0.15) is 58.4 Å². The van der Waals surface area contributed by atoms with Gasteiger partial charge in [0.15, 0.2) is 0 Å². The van der Waals surface area contributed by atoms with Gasteiger partial charge in [0.2, 0.25) is 0 Å². The van der Waals surface area contributed by atoms with E-state index in [-0.39, 0.29) is 29.4 Å². The van der Waals surface area contributed by atoms with E-state index >= 15 is 0 Å². The van der Waals surface area contributed by atoms with Crippen molar-refractivity contribution < 1.29 is 18.8 Å². The number of aryl methyl sites for hydroxylation is 2. The molecule has 1 aliphatic rings. The third-order valence-electron chi connectivity index (χ3n) is 6.33. The third kappa shape index (κ3) is 5.00. The monoisotopic (exact) mass is 456 g/mol. The molecule has 0 aliphatic carbocycles. The van der Waals surface area contributed by atoms with Crippen molar-refractivity contribution in [3.05, 3.63) is 58.2 Å². The number of hydrogen-bond acceptors (Lipinski definition) is 4. The minimum absolute atomic E-state index is 0.0721. The molecule has 0 radical (unpaired) electrons. The molecule has 2 aromatic rings. The number of ketones is 1. The van der Waals surface area contributed by atoms with Crippen LogP contribution in [0.4, 0.5) is 4.39 Å². The van der Waals surface area contributed by atoms with Crippen molar-refractivity contribution >= 4 is 17.6 Å². The molecule has 0 bridgehead atoms. The van der Waals surface area contributed by atoms with E-state index in [1.54, 1.807) is 24.0 Å². The van der Waals surface area contributed by atoms with Crippen LogP contribution in [0.5, 0.6) is 0 Å². The van der Waals surface area contributed by atoms with E-state index < -0.39 is 11.7 Å². The fourth-order valence-electron chi connectivity index (χ4n) is 4.45. The van der Waals surface area contributed by atoms with Gasteiger partial charge < -0.3 is 14.8 Å². The Hall–Kier alpha value is -3.00. The predicted molar refractivity (Wildman–Crippen MR) is 125 cm³/mol. The van der Waals surface area contributed by atoms with Gasteiger partial charge in [0.25, 0.3) is 17.6 Å². The Morgan fingerprint density at radius 3 is 2.27 bits per heavy atom. The SMILES string of the molecule is CCc1[nH]c(C)c(C(=O)C(=O)N(C)C)c1C(=O)N1C[C@H](C)N(Cc2ccc(F)cc2)CC1C. The Morgan fingerprint density at radius 1 is 1.06 bits per heavy atom. The maximum atomic E-state index is 13.7. The van der Waals surface area contributed by atoms with Crippen LogP contribution in [0.15, 0.2) is 24.3 Å². The first kappa shape index (κ1) is 24.6. The van der Waals surface area contributed by atoms with E-state index in [0.29, 0.717) is 43.0 Å². The molecule has 1 unspecified atom stereocenters. The summed E-state index contributed by atoms with van der Waals surface area (Å²) in [5.41, 5.74) is 2.69. The van der Waals surface area contributed by atoms with Crippen molar-refractivity contribution in [2.75, 3.05) is 27.2 Å². The molecule has 2 amide bonds. The Morgan fingerprint density at radius 2 is 1.70 bits per heavy atom. The minimum Gasteiger partial charge on any atom is -0.361 e. The van der Waals surface area contributed by atoms with Gasteiger partial charge in [-0.1, -0.05) is 19.1 Å². The van der Waals surface area contributed by atoms with Gasteiger partial charge in [-0.3, -0.25) is 19.3 Å². The summed E-state index contributed by atoms with van der Waals surface area (Å²) in [5.74, 6) is -1.82.